The van der Waals surface area contributed by atoms with E-state index >= 15 is 0 Å². The van der Waals surface area contributed by atoms with E-state index in [1.807, 2.05) is 70.3 Å². The molecule has 2 N–H and O–H groups in total. The first kappa shape index (κ1) is 32.2. The van der Waals surface area contributed by atoms with Gasteiger partial charge in [-0.1, -0.05) is 62.4 Å². The summed E-state index contributed by atoms with van der Waals surface area (Å²) in [5.41, 5.74) is 3.48. The molecule has 3 rings (SSSR count). The number of carboxylic acids is 1. The summed E-state index contributed by atoms with van der Waals surface area (Å²) < 4.78 is 13.0. The average Bonchev–Trinajstić information content (AvgIpc) is 2.90. The first-order chi connectivity index (χ1) is 19.0. The third kappa shape index (κ3) is 9.64. The molecule has 40 heavy (non-hydrogen) atoms. The number of nitrogens with one attached hydrogen (secondary N) is 1. The molecule has 1 saturated carbocycles. The summed E-state index contributed by atoms with van der Waals surface area (Å²) in [6.45, 7) is 10.2. The number of hydrogen-bond acceptors (Lipinski definition) is 5. The van der Waals surface area contributed by atoms with E-state index in [0.717, 1.165) is 28.7 Å². The monoisotopic (exact) mass is 569 g/mol. The van der Waals surface area contributed by atoms with Crippen molar-refractivity contribution < 1.29 is 24.2 Å². The van der Waals surface area contributed by atoms with E-state index in [9.17, 15) is 14.7 Å². The summed E-state index contributed by atoms with van der Waals surface area (Å²) in [7, 11) is 0. The quantitative estimate of drug-likeness (QED) is 0.240. The Morgan fingerprint density at radius 1 is 1.07 bits per heavy atom. The molecule has 6 nitrogen and oxygen atoms in total. The lowest BCUT2D eigenvalue weighted by molar-refractivity contribution is -0.220. The van der Waals surface area contributed by atoms with Crippen LogP contribution in [0.15, 0.2) is 42.5 Å². The topological polar surface area (TPSA) is 84.9 Å². The summed E-state index contributed by atoms with van der Waals surface area (Å²) in [4.78, 5) is 25.3. The lowest BCUT2D eigenvalue weighted by atomic mass is 9.85. The lowest BCUT2D eigenvalue weighted by Gasteiger charge is -2.32. The number of carboxylic acid groups (broad SMARTS) is 1. The summed E-state index contributed by atoms with van der Waals surface area (Å²) in [5, 5.41) is 12.4. The number of aliphatic carboxylic acids is 1. The predicted molar refractivity (Wildman–Crippen MR) is 164 cm³/mol. The second-order valence-corrected chi connectivity index (χ2v) is 13.0. The minimum absolute atomic E-state index is 0.0214. The summed E-state index contributed by atoms with van der Waals surface area (Å²) in [6, 6.07) is 12.6. The van der Waals surface area contributed by atoms with Crippen LogP contribution in [-0.2, 0) is 14.3 Å². The summed E-state index contributed by atoms with van der Waals surface area (Å²) in [5.74, 6) is -0.113. The Labute approximate surface area is 244 Å². The van der Waals surface area contributed by atoms with Gasteiger partial charge < -0.3 is 19.9 Å². The third-order valence-corrected chi connectivity index (χ3v) is 8.06. The fraction of sp³-hybridized carbons (Fsp3) is 0.576. The van der Waals surface area contributed by atoms with E-state index in [2.05, 4.69) is 12.2 Å². The van der Waals surface area contributed by atoms with E-state index in [0.29, 0.717) is 23.7 Å². The van der Waals surface area contributed by atoms with Crippen LogP contribution in [0.3, 0.4) is 0 Å². The van der Waals surface area contributed by atoms with Crippen LogP contribution in [0.2, 0.25) is 0 Å². The van der Waals surface area contributed by atoms with Crippen molar-refractivity contribution in [2.24, 2.45) is 5.92 Å². The predicted octanol–water partition coefficient (Wildman–Crippen LogP) is 7.79. The number of benzene rings is 2. The van der Waals surface area contributed by atoms with Crippen molar-refractivity contribution in [2.75, 3.05) is 12.0 Å². The van der Waals surface area contributed by atoms with Crippen molar-refractivity contribution in [1.82, 2.24) is 5.32 Å². The van der Waals surface area contributed by atoms with E-state index in [1.54, 1.807) is 17.8 Å². The van der Waals surface area contributed by atoms with Gasteiger partial charge in [-0.05, 0) is 94.2 Å². The molecule has 1 fully saturated rings. The number of thioether (sulfide) groups is 1. The van der Waals surface area contributed by atoms with E-state index < -0.39 is 29.8 Å². The molecule has 0 saturated heterocycles. The zero-order valence-electron chi connectivity index (χ0n) is 25.0. The summed E-state index contributed by atoms with van der Waals surface area (Å²) >= 11 is 1.55. The van der Waals surface area contributed by atoms with Crippen LogP contribution in [0.4, 0.5) is 0 Å². The Balaban J connectivity index is 1.97. The highest BCUT2D eigenvalue weighted by atomic mass is 32.2. The molecular formula is C33H47NO5S. The second kappa shape index (κ2) is 15.0. The Bertz CT molecular complexity index is 1120. The highest BCUT2D eigenvalue weighted by Crippen LogP contribution is 2.35. The summed E-state index contributed by atoms with van der Waals surface area (Å²) in [6.07, 6.45) is 9.13. The van der Waals surface area contributed by atoms with Crippen molar-refractivity contribution in [3.05, 3.63) is 59.2 Å². The highest BCUT2D eigenvalue weighted by molar-refractivity contribution is 7.98. The molecule has 0 aliphatic heterocycles. The number of aryl methyl sites for hydroxylation is 1. The van der Waals surface area contributed by atoms with Gasteiger partial charge in [0.05, 0.1) is 11.7 Å². The molecule has 0 bridgehead atoms. The normalized spacial score (nSPS) is 16.8. The maximum Gasteiger partial charge on any atom is 0.326 e. The van der Waals surface area contributed by atoms with Gasteiger partial charge in [0.2, 0.25) is 0 Å². The molecule has 2 aromatic carbocycles. The first-order valence-corrected chi connectivity index (χ1v) is 15.9. The van der Waals surface area contributed by atoms with Crippen molar-refractivity contribution in [3.63, 3.8) is 0 Å². The molecule has 220 valence electrons. The zero-order valence-corrected chi connectivity index (χ0v) is 25.8. The molecule has 0 heterocycles. The van der Waals surface area contributed by atoms with Crippen LogP contribution in [0, 0.1) is 12.8 Å². The van der Waals surface area contributed by atoms with Crippen LogP contribution in [0.5, 0.6) is 0 Å². The van der Waals surface area contributed by atoms with Crippen LogP contribution in [0.1, 0.15) is 100 Å². The van der Waals surface area contributed by atoms with Gasteiger partial charge >= 0.3 is 5.97 Å². The lowest BCUT2D eigenvalue weighted by Crippen LogP contribution is -2.41. The van der Waals surface area contributed by atoms with Gasteiger partial charge in [-0.3, -0.25) is 4.79 Å². The van der Waals surface area contributed by atoms with Crippen molar-refractivity contribution in [1.29, 1.82) is 0 Å². The van der Waals surface area contributed by atoms with Crippen molar-refractivity contribution in [3.8, 4) is 11.1 Å². The molecule has 0 spiro atoms. The van der Waals surface area contributed by atoms with Gasteiger partial charge in [0.15, 0.2) is 6.29 Å². The first-order valence-electron chi connectivity index (χ1n) is 14.5. The molecule has 3 atom stereocenters. The number of carbonyl (C=O) groups excluding carboxylic acids is 1. The fourth-order valence-corrected chi connectivity index (χ4v) is 5.86. The van der Waals surface area contributed by atoms with Gasteiger partial charge in [-0.2, -0.15) is 11.8 Å². The fourth-order valence-electron chi connectivity index (χ4n) is 5.39. The molecule has 1 amide bonds. The Kier molecular flexibility index (Phi) is 12.1. The number of ether oxygens (including phenoxy) is 2. The van der Waals surface area contributed by atoms with Crippen LogP contribution >= 0.6 is 11.8 Å². The minimum atomic E-state index is -1.03. The zero-order chi connectivity index (χ0) is 29.3. The number of rotatable bonds is 13. The molecule has 2 aromatic rings. The highest BCUT2D eigenvalue weighted by Gasteiger charge is 2.28. The molecule has 1 aliphatic carbocycles. The van der Waals surface area contributed by atoms with Gasteiger partial charge in [0.1, 0.15) is 6.04 Å². The van der Waals surface area contributed by atoms with Crippen molar-refractivity contribution >= 4 is 23.6 Å². The van der Waals surface area contributed by atoms with Gasteiger partial charge in [0.25, 0.3) is 5.91 Å². The van der Waals surface area contributed by atoms with E-state index in [-0.39, 0.29) is 6.10 Å². The standard InChI is InChI=1S/C33H47NO5S/c1-22-12-10-11-15-26(22)28-21-25(16-17-27(28)30(35)34-29(31(36)37)18-19-40-6)32(39-33(3,4)5)38-23(2)20-24-13-8-7-9-14-24/h10-12,15-17,21,23-24,29,32H,7-9,13-14,18-20H2,1-6H3,(H,34,35)(H,36,37)/t23-,29-,32?/m0/s1. The molecular weight excluding hydrogens is 522 g/mol. The smallest absolute Gasteiger partial charge is 0.326 e. The number of amides is 1. The average molecular weight is 570 g/mol. The minimum Gasteiger partial charge on any atom is -0.480 e. The maximum atomic E-state index is 13.5. The Morgan fingerprint density at radius 2 is 1.77 bits per heavy atom. The van der Waals surface area contributed by atoms with Crippen LogP contribution in [-0.4, -0.2) is 46.7 Å². The van der Waals surface area contributed by atoms with E-state index in [4.69, 9.17) is 9.47 Å². The van der Waals surface area contributed by atoms with Crippen LogP contribution in [0.25, 0.3) is 11.1 Å². The van der Waals surface area contributed by atoms with Gasteiger partial charge in [-0.15, -0.1) is 0 Å². The Morgan fingerprint density at radius 3 is 2.40 bits per heavy atom. The molecule has 1 aliphatic rings. The molecule has 1 unspecified atom stereocenters. The van der Waals surface area contributed by atoms with Crippen LogP contribution < -0.4 is 5.32 Å². The molecule has 7 heteroatoms. The number of carbonyl (C=O) groups is 2. The number of hydrogen-bond donors (Lipinski definition) is 2. The largest absolute Gasteiger partial charge is 0.480 e. The second-order valence-electron chi connectivity index (χ2n) is 12.0. The molecule has 0 radical (unpaired) electrons. The maximum absolute atomic E-state index is 13.5. The van der Waals surface area contributed by atoms with Gasteiger partial charge in [0, 0.05) is 11.1 Å². The van der Waals surface area contributed by atoms with Crippen molar-refractivity contribution in [2.45, 2.75) is 104 Å². The van der Waals surface area contributed by atoms with Gasteiger partial charge in [-0.25, -0.2) is 4.79 Å². The Hall–Kier alpha value is -2.35. The SMILES string of the molecule is CSCC[C@H](NC(=O)c1ccc(C(O[C@@H](C)CC2CCCCC2)OC(C)(C)C)cc1-c1ccccc1C)C(=O)O. The third-order valence-electron chi connectivity index (χ3n) is 7.42. The van der Waals surface area contributed by atoms with E-state index in [1.165, 1.54) is 32.1 Å². The molecule has 0 aromatic heterocycles.